The molecular weight excluding hydrogens is 465 g/mol. The van der Waals surface area contributed by atoms with Gasteiger partial charge in [-0.15, -0.1) is 0 Å². The van der Waals surface area contributed by atoms with Gasteiger partial charge in [-0.2, -0.15) is 4.31 Å². The summed E-state index contributed by atoms with van der Waals surface area (Å²) < 4.78 is 43.3. The molecule has 0 bridgehead atoms. The predicted molar refractivity (Wildman–Crippen MR) is 124 cm³/mol. The molecule has 0 atom stereocenters. The summed E-state index contributed by atoms with van der Waals surface area (Å²) >= 11 is 1.28. The number of amides is 1. The molecule has 1 saturated heterocycles. The Morgan fingerprint density at radius 2 is 1.85 bits per heavy atom. The molecule has 1 amide bonds. The van der Waals surface area contributed by atoms with E-state index in [0.29, 0.717) is 36.2 Å². The van der Waals surface area contributed by atoms with Crippen molar-refractivity contribution < 1.29 is 17.6 Å². The van der Waals surface area contributed by atoms with Crippen LogP contribution in [0.3, 0.4) is 0 Å². The van der Waals surface area contributed by atoms with Gasteiger partial charge in [-0.1, -0.05) is 6.07 Å². The Morgan fingerprint density at radius 1 is 1.09 bits per heavy atom. The topological polar surface area (TPSA) is 87.5 Å². The first-order valence-corrected chi connectivity index (χ1v) is 12.5. The van der Waals surface area contributed by atoms with E-state index >= 15 is 0 Å². The largest absolute Gasteiger partial charge is 0.329 e. The summed E-state index contributed by atoms with van der Waals surface area (Å²) in [4.78, 5) is 19.9. The molecule has 1 N–H and O–H groups in total. The molecule has 4 rings (SSSR count). The van der Waals surface area contributed by atoms with Crippen molar-refractivity contribution in [3.8, 4) is 0 Å². The number of aromatic nitrogens is 2. The summed E-state index contributed by atoms with van der Waals surface area (Å²) in [6, 6.07) is 10.0. The normalized spacial score (nSPS) is 15.5. The van der Waals surface area contributed by atoms with Crippen LogP contribution in [0.15, 0.2) is 69.8 Å². The first-order valence-electron chi connectivity index (χ1n) is 10.3. The minimum absolute atomic E-state index is 0.0570. The van der Waals surface area contributed by atoms with Gasteiger partial charge in [0.1, 0.15) is 5.82 Å². The number of aryl methyl sites for hydroxylation is 1. The van der Waals surface area contributed by atoms with Gasteiger partial charge in [0.05, 0.1) is 10.6 Å². The number of nitrogens with zero attached hydrogens (tertiary/aromatic N) is 4. The average Bonchev–Trinajstić information content (AvgIpc) is 3.20. The van der Waals surface area contributed by atoms with Crippen LogP contribution >= 0.6 is 11.8 Å². The summed E-state index contributed by atoms with van der Waals surface area (Å²) in [6.07, 6.45) is 3.44. The lowest BCUT2D eigenvalue weighted by Crippen LogP contribution is -2.47. The van der Waals surface area contributed by atoms with Gasteiger partial charge in [0.15, 0.2) is 5.16 Å². The van der Waals surface area contributed by atoms with Crippen molar-refractivity contribution in [3.63, 3.8) is 0 Å². The highest BCUT2D eigenvalue weighted by Crippen LogP contribution is 2.33. The standard InChI is InChI=1S/C22H24FN5O3S2/c1-26-10-12-28(13-11-26)33(30,31)18-5-3-4-16(14-18)21(29)25-19-15-17(23)6-7-20(19)32-22-24-8-9-27(22)2/h3-9,14-15H,10-13H2,1-2H3,(H,25,29). The van der Waals surface area contributed by atoms with Gasteiger partial charge < -0.3 is 14.8 Å². The molecular formula is C22H24FN5O3S2. The maximum Gasteiger partial charge on any atom is 0.255 e. The third-order valence-corrected chi connectivity index (χ3v) is 8.41. The zero-order valence-electron chi connectivity index (χ0n) is 18.2. The van der Waals surface area contributed by atoms with Crippen molar-refractivity contribution in [3.05, 3.63) is 66.2 Å². The number of sulfonamides is 1. The van der Waals surface area contributed by atoms with Crippen LogP contribution in [-0.2, 0) is 17.1 Å². The molecule has 11 heteroatoms. The summed E-state index contributed by atoms with van der Waals surface area (Å²) in [5, 5.41) is 3.39. The number of anilines is 1. The van der Waals surface area contributed by atoms with E-state index in [1.165, 1.54) is 52.5 Å². The van der Waals surface area contributed by atoms with E-state index in [9.17, 15) is 17.6 Å². The van der Waals surface area contributed by atoms with Crippen LogP contribution in [0.5, 0.6) is 0 Å². The molecule has 1 aromatic heterocycles. The molecule has 2 aromatic carbocycles. The molecule has 1 aliphatic heterocycles. The number of nitrogens with one attached hydrogen (secondary N) is 1. The Kier molecular flexibility index (Phi) is 6.84. The van der Waals surface area contributed by atoms with Crippen LogP contribution in [0.25, 0.3) is 0 Å². The maximum absolute atomic E-state index is 13.9. The van der Waals surface area contributed by atoms with E-state index in [1.54, 1.807) is 18.5 Å². The lowest BCUT2D eigenvalue weighted by Gasteiger charge is -2.31. The van der Waals surface area contributed by atoms with Crippen LogP contribution in [0.2, 0.25) is 0 Å². The minimum atomic E-state index is -3.72. The van der Waals surface area contributed by atoms with E-state index in [-0.39, 0.29) is 16.1 Å². The molecule has 0 radical (unpaired) electrons. The van der Waals surface area contributed by atoms with Crippen molar-refractivity contribution in [2.24, 2.45) is 7.05 Å². The Labute approximate surface area is 196 Å². The highest BCUT2D eigenvalue weighted by molar-refractivity contribution is 7.99. The van der Waals surface area contributed by atoms with Crippen LogP contribution in [0.4, 0.5) is 10.1 Å². The van der Waals surface area contributed by atoms with Crippen molar-refractivity contribution in [2.45, 2.75) is 14.9 Å². The Morgan fingerprint density at radius 3 is 2.55 bits per heavy atom. The zero-order valence-corrected chi connectivity index (χ0v) is 19.9. The monoisotopic (exact) mass is 489 g/mol. The number of hydrogen-bond acceptors (Lipinski definition) is 6. The van der Waals surface area contributed by atoms with Gasteiger partial charge in [-0.25, -0.2) is 17.8 Å². The maximum atomic E-state index is 13.9. The summed E-state index contributed by atoms with van der Waals surface area (Å²) in [6.45, 7) is 2.09. The predicted octanol–water partition coefficient (Wildman–Crippen LogP) is 2.90. The van der Waals surface area contributed by atoms with E-state index < -0.39 is 21.7 Å². The van der Waals surface area contributed by atoms with Crippen LogP contribution in [-0.4, -0.2) is 66.3 Å². The fourth-order valence-corrected chi connectivity index (χ4v) is 5.75. The second-order valence-electron chi connectivity index (χ2n) is 7.75. The first kappa shape index (κ1) is 23.4. The minimum Gasteiger partial charge on any atom is -0.329 e. The van der Waals surface area contributed by atoms with Crippen LogP contribution in [0, 0.1) is 5.82 Å². The number of benzene rings is 2. The second kappa shape index (κ2) is 9.64. The van der Waals surface area contributed by atoms with Gasteiger partial charge in [-0.05, 0) is 55.2 Å². The molecule has 0 unspecified atom stereocenters. The van der Waals surface area contributed by atoms with Crippen molar-refractivity contribution in [1.29, 1.82) is 0 Å². The molecule has 0 saturated carbocycles. The number of carbonyl (C=O) groups excluding carboxylic acids is 1. The molecule has 0 spiro atoms. The third-order valence-electron chi connectivity index (χ3n) is 5.36. The zero-order chi connectivity index (χ0) is 23.6. The number of carbonyl (C=O) groups is 1. The molecule has 1 aliphatic rings. The molecule has 1 fully saturated rings. The van der Waals surface area contributed by atoms with E-state index in [0.717, 1.165) is 0 Å². The number of likely N-dealkylation sites (N-methyl/N-ethyl adjacent to an activating group) is 1. The van der Waals surface area contributed by atoms with Crippen LogP contribution in [0.1, 0.15) is 10.4 Å². The number of halogens is 1. The number of rotatable bonds is 6. The lowest BCUT2D eigenvalue weighted by atomic mass is 10.2. The fourth-order valence-electron chi connectivity index (χ4n) is 3.41. The first-order chi connectivity index (χ1) is 15.7. The highest BCUT2D eigenvalue weighted by Gasteiger charge is 2.28. The number of imidazole rings is 1. The SMILES string of the molecule is CN1CCN(S(=O)(=O)c2cccc(C(=O)Nc3cc(F)ccc3Sc3nccn3C)c2)CC1. The Hall–Kier alpha value is -2.73. The number of piperazine rings is 1. The molecule has 3 aromatic rings. The van der Waals surface area contributed by atoms with E-state index in [2.05, 4.69) is 15.2 Å². The summed E-state index contributed by atoms with van der Waals surface area (Å²) in [5.74, 6) is -1.03. The number of hydrogen-bond donors (Lipinski definition) is 1. The van der Waals surface area contributed by atoms with Gasteiger partial charge in [0.25, 0.3) is 5.91 Å². The summed E-state index contributed by atoms with van der Waals surface area (Å²) in [7, 11) is 0.0662. The second-order valence-corrected chi connectivity index (χ2v) is 10.7. The van der Waals surface area contributed by atoms with E-state index in [1.807, 2.05) is 18.7 Å². The van der Waals surface area contributed by atoms with Crippen molar-refractivity contribution in [1.82, 2.24) is 18.8 Å². The fraction of sp³-hybridized carbons (Fsp3) is 0.273. The molecule has 2 heterocycles. The van der Waals surface area contributed by atoms with E-state index in [4.69, 9.17) is 0 Å². The lowest BCUT2D eigenvalue weighted by molar-refractivity contribution is 0.102. The molecule has 8 nitrogen and oxygen atoms in total. The molecule has 0 aliphatic carbocycles. The Balaban J connectivity index is 1.56. The third kappa shape index (κ3) is 5.27. The van der Waals surface area contributed by atoms with Crippen LogP contribution < -0.4 is 5.32 Å². The average molecular weight is 490 g/mol. The molecule has 33 heavy (non-hydrogen) atoms. The summed E-state index contributed by atoms with van der Waals surface area (Å²) in [5.41, 5.74) is 0.447. The van der Waals surface area contributed by atoms with Crippen molar-refractivity contribution in [2.75, 3.05) is 38.5 Å². The quantitative estimate of drug-likeness (QED) is 0.573. The smallest absolute Gasteiger partial charge is 0.255 e. The highest BCUT2D eigenvalue weighted by atomic mass is 32.2. The van der Waals surface area contributed by atoms with Crippen molar-refractivity contribution >= 4 is 33.4 Å². The van der Waals surface area contributed by atoms with Gasteiger partial charge in [-0.3, -0.25) is 4.79 Å². The Bertz CT molecular complexity index is 1270. The molecule has 174 valence electrons. The van der Waals surface area contributed by atoms with Gasteiger partial charge in [0.2, 0.25) is 10.0 Å². The van der Waals surface area contributed by atoms with Gasteiger partial charge in [0, 0.05) is 56.1 Å². The van der Waals surface area contributed by atoms with Gasteiger partial charge >= 0.3 is 0 Å².